The zero-order valence-corrected chi connectivity index (χ0v) is 18.3. The average molecular weight is 447 g/mol. The summed E-state index contributed by atoms with van der Waals surface area (Å²) < 4.78 is 1.22. The van der Waals surface area contributed by atoms with Crippen LogP contribution < -0.4 is 0 Å². The number of fused-ring (bicyclic) bond motifs is 2. The van der Waals surface area contributed by atoms with E-state index >= 15 is 0 Å². The van der Waals surface area contributed by atoms with Gasteiger partial charge in [0, 0.05) is 37.2 Å². The van der Waals surface area contributed by atoms with E-state index in [-0.39, 0.29) is 0 Å². The molecule has 0 radical (unpaired) electrons. The summed E-state index contributed by atoms with van der Waals surface area (Å²) in [5.41, 5.74) is 7.44. The highest BCUT2D eigenvalue weighted by molar-refractivity contribution is 9.10. The summed E-state index contributed by atoms with van der Waals surface area (Å²) in [6.07, 6.45) is 2.29. The van der Waals surface area contributed by atoms with Crippen LogP contribution in [0.25, 0.3) is 0 Å². The summed E-state index contributed by atoms with van der Waals surface area (Å²) in [5, 5.41) is 0. The Hall–Kier alpha value is -1.94. The first-order valence-electron chi connectivity index (χ1n) is 10.6. The van der Waals surface area contributed by atoms with Gasteiger partial charge in [-0.15, -0.1) is 0 Å². The average Bonchev–Trinajstić information content (AvgIpc) is 2.93. The van der Waals surface area contributed by atoms with Crippen LogP contribution >= 0.6 is 15.9 Å². The number of rotatable bonds is 3. The van der Waals surface area contributed by atoms with Gasteiger partial charge in [0.25, 0.3) is 0 Å². The van der Waals surface area contributed by atoms with Crippen molar-refractivity contribution in [1.82, 2.24) is 9.80 Å². The van der Waals surface area contributed by atoms with Crippen LogP contribution in [0.4, 0.5) is 0 Å². The molecule has 0 atom stereocenters. The molecule has 0 unspecified atom stereocenters. The van der Waals surface area contributed by atoms with E-state index in [4.69, 9.17) is 0 Å². The number of aryl methyl sites for hydroxylation is 2. The van der Waals surface area contributed by atoms with Gasteiger partial charge in [0.05, 0.1) is 6.04 Å². The lowest BCUT2D eigenvalue weighted by molar-refractivity contribution is 0.104. The van der Waals surface area contributed by atoms with Gasteiger partial charge < -0.3 is 0 Å². The third-order valence-corrected chi connectivity index (χ3v) is 7.26. The predicted octanol–water partition coefficient (Wildman–Crippen LogP) is 5.45. The molecule has 1 saturated heterocycles. The van der Waals surface area contributed by atoms with E-state index in [9.17, 15) is 0 Å². The molecule has 0 bridgehead atoms. The second-order valence-corrected chi connectivity index (χ2v) is 9.06. The van der Waals surface area contributed by atoms with Gasteiger partial charge in [0.1, 0.15) is 0 Å². The zero-order chi connectivity index (χ0) is 19.6. The van der Waals surface area contributed by atoms with E-state index < -0.39 is 0 Å². The van der Waals surface area contributed by atoms with Crippen molar-refractivity contribution >= 4 is 15.9 Å². The Labute approximate surface area is 182 Å². The van der Waals surface area contributed by atoms with Crippen molar-refractivity contribution in [3.63, 3.8) is 0 Å². The fourth-order valence-electron chi connectivity index (χ4n) is 4.93. The minimum absolute atomic E-state index is 0.385. The normalized spacial score (nSPS) is 18.1. The summed E-state index contributed by atoms with van der Waals surface area (Å²) in [6.45, 7) is 5.47. The maximum atomic E-state index is 3.71. The lowest BCUT2D eigenvalue weighted by atomic mass is 9.92. The molecule has 0 spiro atoms. The molecule has 29 heavy (non-hydrogen) atoms. The minimum atomic E-state index is 0.385. The molecule has 0 N–H and O–H groups in total. The molecule has 1 aliphatic carbocycles. The highest BCUT2D eigenvalue weighted by atomic mass is 79.9. The first-order valence-corrected chi connectivity index (χ1v) is 11.4. The summed E-state index contributed by atoms with van der Waals surface area (Å²) in [5.74, 6) is 0. The SMILES string of the molecule is Brc1ccccc1CN1CCN(C2c3ccccc3CCc3ccccc32)CC1. The van der Waals surface area contributed by atoms with Gasteiger partial charge in [-0.25, -0.2) is 0 Å². The predicted molar refractivity (Wildman–Crippen MR) is 123 cm³/mol. The molecular weight excluding hydrogens is 420 g/mol. The Morgan fingerprint density at radius 1 is 0.690 bits per heavy atom. The van der Waals surface area contributed by atoms with Crippen molar-refractivity contribution in [1.29, 1.82) is 0 Å². The van der Waals surface area contributed by atoms with Crippen molar-refractivity contribution in [2.75, 3.05) is 26.2 Å². The van der Waals surface area contributed by atoms with Crippen LogP contribution in [-0.4, -0.2) is 36.0 Å². The molecule has 0 amide bonds. The molecule has 2 nitrogen and oxygen atoms in total. The Morgan fingerprint density at radius 3 is 1.86 bits per heavy atom. The highest BCUT2D eigenvalue weighted by Gasteiger charge is 2.30. The smallest absolute Gasteiger partial charge is 0.0608 e. The fraction of sp³-hybridized carbons (Fsp3) is 0.308. The molecule has 3 aromatic carbocycles. The van der Waals surface area contributed by atoms with Gasteiger partial charge in [0.15, 0.2) is 0 Å². The summed E-state index contributed by atoms with van der Waals surface area (Å²) >= 11 is 3.71. The lowest BCUT2D eigenvalue weighted by Crippen LogP contribution is -2.47. The van der Waals surface area contributed by atoms with Crippen LogP contribution in [0, 0.1) is 0 Å². The molecule has 148 valence electrons. The second-order valence-electron chi connectivity index (χ2n) is 8.20. The van der Waals surface area contributed by atoms with Crippen LogP contribution in [0.5, 0.6) is 0 Å². The fourth-order valence-corrected chi connectivity index (χ4v) is 5.34. The van der Waals surface area contributed by atoms with Crippen LogP contribution in [0.1, 0.15) is 33.9 Å². The lowest BCUT2D eigenvalue weighted by Gasteiger charge is -2.40. The Morgan fingerprint density at radius 2 is 1.24 bits per heavy atom. The van der Waals surface area contributed by atoms with Crippen LogP contribution in [0.3, 0.4) is 0 Å². The monoisotopic (exact) mass is 446 g/mol. The standard InChI is InChI=1S/C26H27BrN2/c27-25-12-6-3-9-22(25)19-28-15-17-29(18-16-28)26-23-10-4-1-7-20(23)13-14-21-8-2-5-11-24(21)26/h1-12,26H,13-19H2. The molecule has 2 aliphatic rings. The number of benzene rings is 3. The Kier molecular flexibility index (Phi) is 5.54. The molecule has 3 aromatic rings. The van der Waals surface area contributed by atoms with Crippen molar-refractivity contribution < 1.29 is 0 Å². The molecule has 1 fully saturated rings. The molecule has 5 rings (SSSR count). The number of piperazine rings is 1. The maximum absolute atomic E-state index is 3.71. The summed E-state index contributed by atoms with van der Waals surface area (Å²) in [7, 11) is 0. The second kappa shape index (κ2) is 8.43. The van der Waals surface area contributed by atoms with E-state index in [0.717, 1.165) is 45.6 Å². The van der Waals surface area contributed by atoms with E-state index in [1.807, 2.05) is 0 Å². The Bertz CT molecular complexity index is 944. The number of nitrogens with zero attached hydrogens (tertiary/aromatic N) is 2. The largest absolute Gasteiger partial charge is 0.297 e. The van der Waals surface area contributed by atoms with Gasteiger partial charge in [0.2, 0.25) is 0 Å². The van der Waals surface area contributed by atoms with Crippen molar-refractivity contribution in [2.45, 2.75) is 25.4 Å². The molecule has 3 heteroatoms. The molecule has 1 heterocycles. The van der Waals surface area contributed by atoms with Gasteiger partial charge in [-0.05, 0) is 46.7 Å². The van der Waals surface area contributed by atoms with Gasteiger partial charge in [-0.2, -0.15) is 0 Å². The van der Waals surface area contributed by atoms with E-state index in [0.29, 0.717) is 6.04 Å². The molecule has 0 aromatic heterocycles. The third-order valence-electron chi connectivity index (χ3n) is 6.49. The van der Waals surface area contributed by atoms with Crippen LogP contribution in [0.2, 0.25) is 0 Å². The molecule has 1 aliphatic heterocycles. The Balaban J connectivity index is 1.38. The van der Waals surface area contributed by atoms with Crippen molar-refractivity contribution in [3.8, 4) is 0 Å². The minimum Gasteiger partial charge on any atom is -0.297 e. The van der Waals surface area contributed by atoms with E-state index in [1.165, 1.54) is 32.3 Å². The summed E-state index contributed by atoms with van der Waals surface area (Å²) in [6, 6.07) is 27.2. The zero-order valence-electron chi connectivity index (χ0n) is 16.7. The third kappa shape index (κ3) is 3.92. The first kappa shape index (κ1) is 19.0. The van der Waals surface area contributed by atoms with Gasteiger partial charge in [-0.1, -0.05) is 82.7 Å². The maximum Gasteiger partial charge on any atom is 0.0608 e. The highest BCUT2D eigenvalue weighted by Crippen LogP contribution is 2.37. The van der Waals surface area contributed by atoms with Crippen LogP contribution in [0.15, 0.2) is 77.3 Å². The van der Waals surface area contributed by atoms with E-state index in [2.05, 4.69) is 98.5 Å². The number of hydrogen-bond donors (Lipinski definition) is 0. The quantitative estimate of drug-likeness (QED) is 0.527. The van der Waals surface area contributed by atoms with Crippen molar-refractivity contribution in [3.05, 3.63) is 105 Å². The van der Waals surface area contributed by atoms with Gasteiger partial charge in [-0.3, -0.25) is 9.80 Å². The van der Waals surface area contributed by atoms with Gasteiger partial charge >= 0.3 is 0 Å². The number of halogens is 1. The number of hydrogen-bond acceptors (Lipinski definition) is 2. The topological polar surface area (TPSA) is 6.48 Å². The molecular formula is C26H27BrN2. The van der Waals surface area contributed by atoms with E-state index in [1.54, 1.807) is 0 Å². The van der Waals surface area contributed by atoms with Crippen molar-refractivity contribution in [2.24, 2.45) is 0 Å². The molecule has 0 saturated carbocycles. The van der Waals surface area contributed by atoms with Crippen LogP contribution in [-0.2, 0) is 19.4 Å². The summed E-state index contributed by atoms with van der Waals surface area (Å²) in [4.78, 5) is 5.30. The first-order chi connectivity index (χ1) is 14.3.